The average Bonchev–Trinajstić information content (AvgIpc) is 2.51. The molecule has 2 rings (SSSR count). The lowest BCUT2D eigenvalue weighted by Gasteiger charge is -2.31. The van der Waals surface area contributed by atoms with Gasteiger partial charge in [0.15, 0.2) is 0 Å². The molecule has 2 fully saturated rings. The lowest BCUT2D eigenvalue weighted by molar-refractivity contribution is 0.206. The Bertz CT molecular complexity index is 224. The second-order valence-corrected chi connectivity index (χ2v) is 5.71. The van der Waals surface area contributed by atoms with Crippen LogP contribution >= 0.6 is 0 Å². The Balaban J connectivity index is 2.20. The smallest absolute Gasteiger partial charge is 0.0169 e. The molecular formula is C12H21N. The van der Waals surface area contributed by atoms with Gasteiger partial charge in [-0.25, -0.2) is 0 Å². The summed E-state index contributed by atoms with van der Waals surface area (Å²) in [6, 6.07) is 0.729. The highest BCUT2D eigenvalue weighted by molar-refractivity contribution is 5.18. The lowest BCUT2D eigenvalue weighted by Crippen LogP contribution is -2.37. The number of fused-ring (bicyclic) bond motifs is 1. The van der Waals surface area contributed by atoms with Crippen molar-refractivity contribution in [1.82, 2.24) is 5.32 Å². The van der Waals surface area contributed by atoms with Gasteiger partial charge in [-0.3, -0.25) is 0 Å². The van der Waals surface area contributed by atoms with Crippen LogP contribution in [-0.4, -0.2) is 12.6 Å². The maximum Gasteiger partial charge on any atom is 0.0169 e. The molecule has 13 heavy (non-hydrogen) atoms. The van der Waals surface area contributed by atoms with Gasteiger partial charge in [0, 0.05) is 6.04 Å². The van der Waals surface area contributed by atoms with Crippen LogP contribution in [0.2, 0.25) is 0 Å². The highest BCUT2D eigenvalue weighted by Gasteiger charge is 2.45. The fourth-order valence-corrected chi connectivity index (χ4v) is 3.01. The van der Waals surface area contributed by atoms with Gasteiger partial charge in [0.2, 0.25) is 0 Å². The molecule has 1 aliphatic heterocycles. The maximum atomic E-state index is 4.22. The maximum absolute atomic E-state index is 4.22. The van der Waals surface area contributed by atoms with Crippen molar-refractivity contribution in [3.63, 3.8) is 0 Å². The first-order chi connectivity index (χ1) is 6.00. The van der Waals surface area contributed by atoms with E-state index in [1.807, 2.05) is 0 Å². The second-order valence-electron chi connectivity index (χ2n) is 5.71. The van der Waals surface area contributed by atoms with Crippen molar-refractivity contribution in [2.45, 2.75) is 39.7 Å². The van der Waals surface area contributed by atoms with Gasteiger partial charge in [-0.1, -0.05) is 32.9 Å². The summed E-state index contributed by atoms with van der Waals surface area (Å²) in [6.07, 6.45) is 2.56. The van der Waals surface area contributed by atoms with Gasteiger partial charge in [0.05, 0.1) is 0 Å². The molecule has 0 amide bonds. The first-order valence-corrected chi connectivity index (χ1v) is 5.41. The summed E-state index contributed by atoms with van der Waals surface area (Å²) < 4.78 is 0. The molecule has 1 aliphatic carbocycles. The third-order valence-electron chi connectivity index (χ3n) is 3.82. The molecule has 1 saturated heterocycles. The zero-order chi connectivity index (χ0) is 9.64. The fourth-order valence-electron chi connectivity index (χ4n) is 3.01. The molecule has 1 heteroatoms. The minimum Gasteiger partial charge on any atom is -0.313 e. The van der Waals surface area contributed by atoms with Crippen molar-refractivity contribution in [1.29, 1.82) is 0 Å². The third kappa shape index (κ3) is 1.43. The number of nitrogens with one attached hydrogen (secondary N) is 1. The normalized spacial score (nSPS) is 39.6. The van der Waals surface area contributed by atoms with Crippen LogP contribution in [0.4, 0.5) is 0 Å². The first-order valence-electron chi connectivity index (χ1n) is 5.41. The molecule has 2 aliphatic rings. The molecule has 0 aromatic rings. The lowest BCUT2D eigenvalue weighted by atomic mass is 9.77. The van der Waals surface area contributed by atoms with Crippen molar-refractivity contribution >= 4 is 0 Å². The van der Waals surface area contributed by atoms with Crippen molar-refractivity contribution in [2.24, 2.45) is 17.3 Å². The van der Waals surface area contributed by atoms with Gasteiger partial charge < -0.3 is 5.32 Å². The summed E-state index contributed by atoms with van der Waals surface area (Å²) in [6.45, 7) is 12.5. The number of rotatable bonds is 0. The van der Waals surface area contributed by atoms with E-state index >= 15 is 0 Å². The molecule has 0 bridgehead atoms. The zero-order valence-corrected chi connectivity index (χ0v) is 9.06. The topological polar surface area (TPSA) is 12.0 Å². The standard InChI is InChI=1S/C12H21N/c1-8-7-10(12(2,3)4)11-9(8)5-6-13-11/h9-11,13H,1,5-7H2,2-4H3. The third-order valence-corrected chi connectivity index (χ3v) is 3.82. The molecule has 1 N–H and O–H groups in total. The number of hydrogen-bond donors (Lipinski definition) is 1. The summed E-state index contributed by atoms with van der Waals surface area (Å²) in [5.74, 6) is 1.58. The molecule has 0 spiro atoms. The first kappa shape index (κ1) is 9.26. The number of hydrogen-bond acceptors (Lipinski definition) is 1. The van der Waals surface area contributed by atoms with Crippen molar-refractivity contribution in [3.05, 3.63) is 12.2 Å². The predicted octanol–water partition coefficient (Wildman–Crippen LogP) is 2.59. The molecular weight excluding hydrogens is 158 g/mol. The summed E-state index contributed by atoms with van der Waals surface area (Å²) >= 11 is 0. The van der Waals surface area contributed by atoms with Crippen LogP contribution in [0, 0.1) is 17.3 Å². The predicted molar refractivity (Wildman–Crippen MR) is 56.6 cm³/mol. The van der Waals surface area contributed by atoms with Crippen LogP contribution in [0.1, 0.15) is 33.6 Å². The Morgan fingerprint density at radius 3 is 2.69 bits per heavy atom. The Morgan fingerprint density at radius 2 is 2.08 bits per heavy atom. The largest absolute Gasteiger partial charge is 0.313 e. The van der Waals surface area contributed by atoms with Crippen LogP contribution in [0.15, 0.2) is 12.2 Å². The van der Waals surface area contributed by atoms with Crippen LogP contribution in [-0.2, 0) is 0 Å². The fraction of sp³-hybridized carbons (Fsp3) is 0.833. The van der Waals surface area contributed by atoms with E-state index in [2.05, 4.69) is 32.7 Å². The molecule has 0 aromatic carbocycles. The Kier molecular flexibility index (Phi) is 2.03. The van der Waals surface area contributed by atoms with Crippen LogP contribution < -0.4 is 5.32 Å². The SMILES string of the molecule is C=C1CC(C(C)(C)C)C2NCCC12. The van der Waals surface area contributed by atoms with Gasteiger partial charge in [0.1, 0.15) is 0 Å². The zero-order valence-electron chi connectivity index (χ0n) is 9.06. The summed E-state index contributed by atoms with van der Waals surface area (Å²) in [4.78, 5) is 0. The average molecular weight is 179 g/mol. The minimum atomic E-state index is 0.430. The molecule has 0 radical (unpaired) electrons. The summed E-state index contributed by atoms with van der Waals surface area (Å²) in [5, 5.41) is 3.64. The van der Waals surface area contributed by atoms with E-state index in [0.717, 1.165) is 17.9 Å². The molecule has 3 unspecified atom stereocenters. The van der Waals surface area contributed by atoms with Crippen molar-refractivity contribution < 1.29 is 0 Å². The van der Waals surface area contributed by atoms with Crippen molar-refractivity contribution in [2.75, 3.05) is 6.54 Å². The molecule has 3 atom stereocenters. The van der Waals surface area contributed by atoms with Gasteiger partial charge >= 0.3 is 0 Å². The van der Waals surface area contributed by atoms with E-state index in [1.165, 1.54) is 25.0 Å². The minimum absolute atomic E-state index is 0.430. The van der Waals surface area contributed by atoms with E-state index in [0.29, 0.717) is 5.41 Å². The Morgan fingerprint density at radius 1 is 1.38 bits per heavy atom. The summed E-state index contributed by atoms with van der Waals surface area (Å²) in [7, 11) is 0. The van der Waals surface area contributed by atoms with Gasteiger partial charge in [0.25, 0.3) is 0 Å². The van der Waals surface area contributed by atoms with Gasteiger partial charge in [-0.05, 0) is 36.6 Å². The van der Waals surface area contributed by atoms with E-state index < -0.39 is 0 Å². The van der Waals surface area contributed by atoms with Crippen LogP contribution in [0.3, 0.4) is 0 Å². The highest BCUT2D eigenvalue weighted by Crippen LogP contribution is 2.47. The van der Waals surface area contributed by atoms with Crippen molar-refractivity contribution in [3.8, 4) is 0 Å². The second kappa shape index (κ2) is 2.84. The van der Waals surface area contributed by atoms with Crippen LogP contribution in [0.25, 0.3) is 0 Å². The monoisotopic (exact) mass is 179 g/mol. The highest BCUT2D eigenvalue weighted by atomic mass is 15.0. The molecule has 1 nitrogen and oxygen atoms in total. The molecule has 1 heterocycles. The van der Waals surface area contributed by atoms with E-state index in [9.17, 15) is 0 Å². The van der Waals surface area contributed by atoms with Gasteiger partial charge in [-0.2, -0.15) is 0 Å². The summed E-state index contributed by atoms with van der Waals surface area (Å²) in [5.41, 5.74) is 1.93. The molecule has 74 valence electrons. The van der Waals surface area contributed by atoms with Crippen LogP contribution in [0.5, 0.6) is 0 Å². The Labute approximate surface area is 81.6 Å². The van der Waals surface area contributed by atoms with E-state index in [1.54, 1.807) is 0 Å². The van der Waals surface area contributed by atoms with E-state index in [4.69, 9.17) is 0 Å². The Hall–Kier alpha value is -0.300. The molecule has 0 aromatic heterocycles. The van der Waals surface area contributed by atoms with E-state index in [-0.39, 0.29) is 0 Å². The quantitative estimate of drug-likeness (QED) is 0.564. The molecule has 1 saturated carbocycles. The van der Waals surface area contributed by atoms with Gasteiger partial charge in [-0.15, -0.1) is 0 Å².